The molecule has 0 N–H and O–H groups in total. The van der Waals surface area contributed by atoms with Crippen molar-refractivity contribution in [3.8, 4) is 0 Å². The van der Waals surface area contributed by atoms with Crippen LogP contribution in [0.25, 0.3) is 12.2 Å². The average molecular weight is 1040 g/mol. The lowest BCUT2D eigenvalue weighted by Gasteiger charge is -2.28. The van der Waals surface area contributed by atoms with Gasteiger partial charge in [-0.15, -0.1) is 17.0 Å². The zero-order valence-corrected chi connectivity index (χ0v) is 37.6. The molecule has 0 radical (unpaired) electrons. The second kappa shape index (κ2) is 22.2. The van der Waals surface area contributed by atoms with Crippen LogP contribution in [0.2, 0.25) is 0 Å². The van der Waals surface area contributed by atoms with Crippen LogP contribution < -0.4 is 15.9 Å². The minimum Gasteiger partial charge on any atom is -0.298 e. The minimum absolute atomic E-state index is 0. The fraction of sp³-hybridized carbons (Fsp3) is 0.0217. The Labute approximate surface area is 358 Å². The van der Waals surface area contributed by atoms with Crippen LogP contribution in [-0.4, -0.2) is 6.29 Å². The molecule has 0 amide bonds. The van der Waals surface area contributed by atoms with E-state index in [1.807, 2.05) is 36.4 Å². The molecule has 0 fully saturated rings. The molecule has 53 heavy (non-hydrogen) atoms. The molecule has 0 saturated heterocycles. The summed E-state index contributed by atoms with van der Waals surface area (Å²) in [5.74, 6) is 0. The summed E-state index contributed by atoms with van der Waals surface area (Å²) in [5, 5.41) is 4.26. The van der Waals surface area contributed by atoms with Crippen LogP contribution in [0.5, 0.6) is 0 Å². The van der Waals surface area contributed by atoms with Crippen molar-refractivity contribution >= 4 is 122 Å². The molecular weight excluding hydrogens is 999 g/mol. The van der Waals surface area contributed by atoms with Crippen molar-refractivity contribution in [3.63, 3.8) is 0 Å². The second-order valence-corrected chi connectivity index (χ2v) is 18.9. The molecule has 0 saturated carbocycles. The number of halogens is 5. The van der Waals surface area contributed by atoms with Crippen molar-refractivity contribution in [2.45, 2.75) is 6.16 Å². The summed E-state index contributed by atoms with van der Waals surface area (Å²) in [5.41, 5.74) is 4.43. The maximum Gasteiger partial charge on any atom is 0.150 e. The van der Waals surface area contributed by atoms with Crippen molar-refractivity contribution in [1.82, 2.24) is 0 Å². The fourth-order valence-corrected chi connectivity index (χ4v) is 11.6. The van der Waals surface area contributed by atoms with Crippen molar-refractivity contribution in [1.29, 1.82) is 0 Å². The van der Waals surface area contributed by atoms with E-state index >= 15 is 0 Å². The van der Waals surface area contributed by atoms with Gasteiger partial charge in [0.15, 0.2) is 0 Å². The smallest absolute Gasteiger partial charge is 0.150 e. The molecule has 7 aromatic rings. The highest BCUT2D eigenvalue weighted by molar-refractivity contribution is 9.11. The maximum atomic E-state index is 10.1. The monoisotopic (exact) mass is 1030 g/mol. The van der Waals surface area contributed by atoms with Crippen LogP contribution in [0, 0.1) is 0 Å². The zero-order chi connectivity index (χ0) is 36.6. The number of aldehydes is 1. The van der Waals surface area contributed by atoms with Crippen LogP contribution in [-0.2, 0) is 6.16 Å². The van der Waals surface area contributed by atoms with E-state index in [9.17, 15) is 4.79 Å². The van der Waals surface area contributed by atoms with E-state index in [0.29, 0.717) is 5.56 Å². The third-order valence-corrected chi connectivity index (χ3v) is 14.4. The van der Waals surface area contributed by atoms with Crippen molar-refractivity contribution in [2.75, 3.05) is 0 Å². The van der Waals surface area contributed by atoms with Crippen LogP contribution in [0.15, 0.2) is 206 Å². The lowest BCUT2D eigenvalue weighted by atomic mass is 10.1. The number of hydrogen-bond acceptors (Lipinski definition) is 1. The van der Waals surface area contributed by atoms with E-state index in [0.717, 1.165) is 30.3 Å². The topological polar surface area (TPSA) is 17.1 Å². The van der Waals surface area contributed by atoms with E-state index in [4.69, 9.17) is 0 Å². The molecule has 0 spiro atoms. The van der Waals surface area contributed by atoms with Crippen molar-refractivity contribution < 1.29 is 4.79 Å². The molecule has 0 aliphatic heterocycles. The third kappa shape index (κ3) is 13.0. The van der Waals surface area contributed by atoms with Gasteiger partial charge in [-0.05, 0) is 102 Å². The van der Waals surface area contributed by atoms with Crippen molar-refractivity contribution in [3.05, 3.63) is 228 Å². The first-order valence-electron chi connectivity index (χ1n) is 16.5. The van der Waals surface area contributed by atoms with Crippen LogP contribution in [0.4, 0.5) is 0 Å². The molecule has 0 aliphatic rings. The molecule has 1 nitrogen and oxygen atoms in total. The largest absolute Gasteiger partial charge is 0.298 e. The van der Waals surface area contributed by atoms with Crippen LogP contribution >= 0.6 is 88.0 Å². The first kappa shape index (κ1) is 42.5. The van der Waals surface area contributed by atoms with Crippen LogP contribution in [0.3, 0.4) is 0 Å². The molecule has 7 rings (SSSR count). The fourth-order valence-electron chi connectivity index (χ4n) is 5.67. The lowest BCUT2D eigenvalue weighted by Crippen LogP contribution is -2.32. The Morgan fingerprint density at radius 1 is 0.396 bits per heavy atom. The summed E-state index contributed by atoms with van der Waals surface area (Å²) < 4.78 is 4.27. The molecule has 0 bridgehead atoms. The van der Waals surface area contributed by atoms with Gasteiger partial charge in [0.25, 0.3) is 0 Å². The first-order chi connectivity index (χ1) is 25.4. The van der Waals surface area contributed by atoms with Gasteiger partial charge in [-0.3, -0.25) is 4.79 Å². The minimum atomic E-state index is -1.82. The standard InChI is InChI=1S/C25H21BrP.C14H10Br2.C7H5BrO.BrH/c26-22-12-10-11-21(19-22)20-27(23-13-4-1-5-14-23,24-15-6-2-7-16-24)25-17-8-3-9-18-25;15-13-5-1-3-11(9-13)7-8-12-4-2-6-14(16)10-12;8-7-3-1-2-6(4-7)5-9;/h1-19H,20H2;1-10H;1-5H;1H/q+1;;;/b;8-7+;;. The SMILES string of the molecule is Br.Brc1cccc(/C=C/c2cccc(Br)c2)c1.Brc1cccc(C[P+](c2ccccc2)(c2ccccc2)c2ccccc2)c1.O=Cc1cccc(Br)c1. The van der Waals surface area contributed by atoms with Gasteiger partial charge in [0.2, 0.25) is 0 Å². The summed E-state index contributed by atoms with van der Waals surface area (Å²) in [4.78, 5) is 10.1. The number of rotatable bonds is 8. The van der Waals surface area contributed by atoms with E-state index in [1.54, 1.807) is 12.1 Å². The molecular formula is C46H37Br5OP+. The highest BCUT2D eigenvalue weighted by Crippen LogP contribution is 2.58. The Morgan fingerprint density at radius 3 is 1.08 bits per heavy atom. The first-order valence-corrected chi connectivity index (χ1v) is 21.7. The van der Waals surface area contributed by atoms with Gasteiger partial charge in [-0.2, -0.15) is 0 Å². The van der Waals surface area contributed by atoms with E-state index < -0.39 is 7.26 Å². The lowest BCUT2D eigenvalue weighted by molar-refractivity contribution is 0.112. The van der Waals surface area contributed by atoms with Gasteiger partial charge in [-0.1, -0.05) is 179 Å². The average Bonchev–Trinajstić information content (AvgIpc) is 3.18. The van der Waals surface area contributed by atoms with Gasteiger partial charge in [0.05, 0.1) is 6.16 Å². The predicted molar refractivity (Wildman–Crippen MR) is 250 cm³/mol. The van der Waals surface area contributed by atoms with Crippen molar-refractivity contribution in [2.24, 2.45) is 0 Å². The van der Waals surface area contributed by atoms with E-state index in [-0.39, 0.29) is 17.0 Å². The van der Waals surface area contributed by atoms with Gasteiger partial charge in [-0.25, -0.2) is 0 Å². The Kier molecular flexibility index (Phi) is 17.8. The molecule has 7 aromatic carbocycles. The third-order valence-electron chi connectivity index (χ3n) is 8.05. The summed E-state index contributed by atoms with van der Waals surface area (Å²) in [6.45, 7) is 0. The molecule has 0 atom stereocenters. The summed E-state index contributed by atoms with van der Waals surface area (Å²) >= 11 is 13.8. The Hall–Kier alpha value is -3.22. The summed E-state index contributed by atoms with van der Waals surface area (Å²) in [6, 6.07) is 65.5. The van der Waals surface area contributed by atoms with Crippen LogP contribution in [0.1, 0.15) is 27.0 Å². The van der Waals surface area contributed by atoms with Gasteiger partial charge < -0.3 is 0 Å². The van der Waals surface area contributed by atoms with E-state index in [1.165, 1.54) is 32.6 Å². The number of carbonyl (C=O) groups excluding carboxylic acids is 1. The summed E-state index contributed by atoms with van der Waals surface area (Å²) in [7, 11) is -1.82. The Morgan fingerprint density at radius 2 is 0.736 bits per heavy atom. The maximum absolute atomic E-state index is 10.1. The molecule has 0 unspecified atom stereocenters. The molecule has 266 valence electrons. The molecule has 0 aliphatic carbocycles. The Bertz CT molecular complexity index is 2050. The Balaban J connectivity index is 0.000000204. The molecule has 0 heterocycles. The van der Waals surface area contributed by atoms with Gasteiger partial charge in [0.1, 0.15) is 29.5 Å². The zero-order valence-electron chi connectivity index (χ0n) is 28.6. The summed E-state index contributed by atoms with van der Waals surface area (Å²) in [6.07, 6.45) is 6.04. The predicted octanol–water partition coefficient (Wildman–Crippen LogP) is 14.2. The normalized spacial score (nSPS) is 10.6. The number of hydrogen-bond donors (Lipinski definition) is 0. The number of carbonyl (C=O) groups is 1. The number of benzene rings is 7. The second-order valence-electron chi connectivity index (χ2n) is 11.7. The van der Waals surface area contributed by atoms with Gasteiger partial charge in [0, 0.05) is 23.5 Å². The quantitative estimate of drug-likeness (QED) is 0.0842. The molecule has 0 aromatic heterocycles. The highest BCUT2D eigenvalue weighted by Gasteiger charge is 2.45. The van der Waals surface area contributed by atoms with E-state index in [2.05, 4.69) is 215 Å². The molecule has 7 heteroatoms. The van der Waals surface area contributed by atoms with Gasteiger partial charge >= 0.3 is 0 Å². The highest BCUT2D eigenvalue weighted by atomic mass is 79.9.